The van der Waals surface area contributed by atoms with E-state index in [-0.39, 0.29) is 12.2 Å². The molecule has 2 aromatic carbocycles. The van der Waals surface area contributed by atoms with Crippen molar-refractivity contribution in [3.63, 3.8) is 0 Å². The Balaban J connectivity index is 1.82. The molecule has 1 heterocycles. The molecule has 0 fully saturated rings. The zero-order chi connectivity index (χ0) is 21.7. The summed E-state index contributed by atoms with van der Waals surface area (Å²) in [5.41, 5.74) is 4.23. The van der Waals surface area contributed by atoms with Crippen LogP contribution in [0.4, 0.5) is 5.69 Å². The predicted molar refractivity (Wildman–Crippen MR) is 125 cm³/mol. The number of nitrogens with zero attached hydrogens (tertiary/aromatic N) is 1. The number of pyridine rings is 1. The molecule has 0 unspecified atom stereocenters. The first-order valence-corrected chi connectivity index (χ1v) is 10.4. The summed E-state index contributed by atoms with van der Waals surface area (Å²) in [6.45, 7) is 7.07. The van der Waals surface area contributed by atoms with Gasteiger partial charge in [-0.05, 0) is 74.4 Å². The summed E-state index contributed by atoms with van der Waals surface area (Å²) in [4.78, 5) is 17.5. The van der Waals surface area contributed by atoms with Crippen LogP contribution < -0.4 is 15.6 Å². The molecule has 30 heavy (non-hydrogen) atoms. The normalized spacial score (nSPS) is 10.8. The fourth-order valence-corrected chi connectivity index (χ4v) is 3.59. The van der Waals surface area contributed by atoms with Crippen LogP contribution in [0.3, 0.4) is 0 Å². The maximum absolute atomic E-state index is 12.7. The molecule has 0 radical (unpaired) electrons. The number of aliphatic hydroxyl groups is 1. The number of aromatic nitrogens is 1. The van der Waals surface area contributed by atoms with E-state index < -0.39 is 0 Å². The van der Waals surface area contributed by atoms with E-state index in [0.717, 1.165) is 33.5 Å². The minimum absolute atomic E-state index is 0.0747. The van der Waals surface area contributed by atoms with Crippen molar-refractivity contribution in [2.45, 2.75) is 27.3 Å². The fourth-order valence-electron chi connectivity index (χ4n) is 3.32. The lowest BCUT2D eigenvalue weighted by Gasteiger charge is -2.25. The van der Waals surface area contributed by atoms with E-state index in [1.54, 1.807) is 4.90 Å². The molecule has 3 N–H and O–H groups in total. The lowest BCUT2D eigenvalue weighted by Crippen LogP contribution is -2.37. The summed E-state index contributed by atoms with van der Waals surface area (Å²) in [6.07, 6.45) is 0. The number of hydrogen-bond donors (Lipinski definition) is 3. The van der Waals surface area contributed by atoms with E-state index in [1.165, 1.54) is 0 Å². The van der Waals surface area contributed by atoms with Gasteiger partial charge in [0.25, 0.3) is 5.56 Å². The molecule has 0 aliphatic carbocycles. The van der Waals surface area contributed by atoms with Crippen LogP contribution in [0.2, 0.25) is 0 Å². The highest BCUT2D eigenvalue weighted by Gasteiger charge is 2.14. The SMILES string of the molecule is CCOc1ccc(NC(=S)N(CCO)Cc2cc3c(C)ccc(C)c3[nH]c2=O)cc1. The Labute approximate surface area is 181 Å². The topological polar surface area (TPSA) is 77.6 Å². The van der Waals surface area contributed by atoms with Gasteiger partial charge in [-0.15, -0.1) is 0 Å². The van der Waals surface area contributed by atoms with E-state index in [0.29, 0.717) is 30.4 Å². The van der Waals surface area contributed by atoms with Gasteiger partial charge in [0.15, 0.2) is 5.11 Å². The number of hydrogen-bond acceptors (Lipinski definition) is 4. The Bertz CT molecular complexity index is 1090. The van der Waals surface area contributed by atoms with Crippen LogP contribution in [-0.2, 0) is 6.54 Å². The molecular weight excluding hydrogens is 398 g/mol. The van der Waals surface area contributed by atoms with Crippen LogP contribution in [0.15, 0.2) is 47.3 Å². The van der Waals surface area contributed by atoms with E-state index in [9.17, 15) is 9.90 Å². The molecular formula is C23H27N3O3S. The van der Waals surface area contributed by atoms with Crippen molar-refractivity contribution in [1.29, 1.82) is 0 Å². The summed E-state index contributed by atoms with van der Waals surface area (Å²) in [6, 6.07) is 13.5. The first-order valence-electron chi connectivity index (χ1n) is 9.94. The van der Waals surface area contributed by atoms with Gasteiger partial charge in [0, 0.05) is 23.2 Å². The van der Waals surface area contributed by atoms with Gasteiger partial charge in [-0.2, -0.15) is 0 Å². The van der Waals surface area contributed by atoms with Crippen molar-refractivity contribution >= 4 is 33.9 Å². The van der Waals surface area contributed by atoms with Crippen LogP contribution in [0.1, 0.15) is 23.6 Å². The van der Waals surface area contributed by atoms with Gasteiger partial charge in [-0.25, -0.2) is 0 Å². The van der Waals surface area contributed by atoms with Gasteiger partial charge in [-0.3, -0.25) is 4.79 Å². The van der Waals surface area contributed by atoms with Crippen molar-refractivity contribution in [3.8, 4) is 5.75 Å². The summed E-state index contributed by atoms with van der Waals surface area (Å²) >= 11 is 5.55. The standard InChI is InChI=1S/C23H27N3O3S/c1-4-29-19-9-7-18(8-10-19)24-23(30)26(11-12-27)14-17-13-20-15(2)5-6-16(3)21(20)25-22(17)28/h5-10,13,27H,4,11-12,14H2,1-3H3,(H,24,30)(H,25,28). The van der Waals surface area contributed by atoms with Crippen LogP contribution in [0.25, 0.3) is 10.9 Å². The van der Waals surface area contributed by atoms with Gasteiger partial charge in [0.2, 0.25) is 0 Å². The van der Waals surface area contributed by atoms with Gasteiger partial charge in [0.1, 0.15) is 5.75 Å². The van der Waals surface area contributed by atoms with E-state index in [1.807, 2.05) is 63.2 Å². The lowest BCUT2D eigenvalue weighted by molar-refractivity contribution is 0.248. The summed E-state index contributed by atoms with van der Waals surface area (Å²) in [7, 11) is 0. The molecule has 0 spiro atoms. The maximum Gasteiger partial charge on any atom is 0.253 e. The van der Waals surface area contributed by atoms with Crippen LogP contribution >= 0.6 is 12.2 Å². The molecule has 1 aromatic heterocycles. The average Bonchev–Trinajstić information content (AvgIpc) is 2.73. The highest BCUT2D eigenvalue weighted by molar-refractivity contribution is 7.80. The maximum atomic E-state index is 12.7. The van der Waals surface area contributed by atoms with Crippen molar-refractivity contribution in [2.24, 2.45) is 0 Å². The zero-order valence-corrected chi connectivity index (χ0v) is 18.3. The number of aromatic amines is 1. The van der Waals surface area contributed by atoms with Gasteiger partial charge in [-0.1, -0.05) is 12.1 Å². The first kappa shape index (κ1) is 21.8. The molecule has 0 saturated carbocycles. The Hall–Kier alpha value is -2.90. The van der Waals surface area contributed by atoms with Crippen molar-refractivity contribution in [2.75, 3.05) is 25.1 Å². The highest BCUT2D eigenvalue weighted by atomic mass is 32.1. The van der Waals surface area contributed by atoms with Crippen LogP contribution in [-0.4, -0.2) is 39.9 Å². The second kappa shape index (κ2) is 9.73. The van der Waals surface area contributed by atoms with Gasteiger partial charge in [0.05, 0.1) is 25.3 Å². The number of thiocarbonyl (C=S) groups is 1. The number of H-pyrrole nitrogens is 1. The van der Waals surface area contributed by atoms with Crippen molar-refractivity contribution in [1.82, 2.24) is 9.88 Å². The molecule has 0 atom stereocenters. The predicted octanol–water partition coefficient (Wildman–Crippen LogP) is 3.73. The average molecular weight is 426 g/mol. The Morgan fingerprint density at radius 3 is 2.53 bits per heavy atom. The van der Waals surface area contributed by atoms with Crippen LogP contribution in [0, 0.1) is 13.8 Å². The second-order valence-corrected chi connectivity index (χ2v) is 7.53. The van der Waals surface area contributed by atoms with Crippen molar-refractivity contribution in [3.05, 3.63) is 69.5 Å². The minimum atomic E-state index is -0.150. The number of benzene rings is 2. The number of ether oxygens (including phenoxy) is 1. The third-order valence-electron chi connectivity index (χ3n) is 4.96. The molecule has 0 aliphatic rings. The van der Waals surface area contributed by atoms with E-state index >= 15 is 0 Å². The smallest absolute Gasteiger partial charge is 0.253 e. The number of rotatable bonds is 7. The summed E-state index contributed by atoms with van der Waals surface area (Å²) < 4.78 is 5.45. The molecule has 158 valence electrons. The minimum Gasteiger partial charge on any atom is -0.494 e. The van der Waals surface area contributed by atoms with E-state index in [4.69, 9.17) is 17.0 Å². The number of anilines is 1. The number of fused-ring (bicyclic) bond motifs is 1. The first-order chi connectivity index (χ1) is 14.4. The molecule has 0 aliphatic heterocycles. The number of nitrogens with one attached hydrogen (secondary N) is 2. The molecule has 3 rings (SSSR count). The lowest BCUT2D eigenvalue weighted by atomic mass is 10.0. The Morgan fingerprint density at radius 2 is 1.87 bits per heavy atom. The number of aliphatic hydroxyl groups excluding tert-OH is 1. The third-order valence-corrected chi connectivity index (χ3v) is 5.32. The van der Waals surface area contributed by atoms with Crippen molar-refractivity contribution < 1.29 is 9.84 Å². The molecule has 6 nitrogen and oxygen atoms in total. The summed E-state index contributed by atoms with van der Waals surface area (Å²) in [5.74, 6) is 0.787. The van der Waals surface area contributed by atoms with Gasteiger partial charge < -0.3 is 25.0 Å². The highest BCUT2D eigenvalue weighted by Crippen LogP contribution is 2.21. The number of aryl methyl sites for hydroxylation is 2. The van der Waals surface area contributed by atoms with Gasteiger partial charge >= 0.3 is 0 Å². The quantitative estimate of drug-likeness (QED) is 0.501. The molecule has 3 aromatic rings. The monoisotopic (exact) mass is 425 g/mol. The fraction of sp³-hybridized carbons (Fsp3) is 0.304. The Kier molecular flexibility index (Phi) is 7.07. The second-order valence-electron chi connectivity index (χ2n) is 7.14. The summed E-state index contributed by atoms with van der Waals surface area (Å²) in [5, 5.41) is 14.1. The van der Waals surface area contributed by atoms with Crippen LogP contribution in [0.5, 0.6) is 5.75 Å². The Morgan fingerprint density at radius 1 is 1.17 bits per heavy atom. The molecule has 0 amide bonds. The molecule has 0 saturated heterocycles. The molecule has 7 heteroatoms. The molecule has 0 bridgehead atoms. The zero-order valence-electron chi connectivity index (χ0n) is 17.5. The largest absolute Gasteiger partial charge is 0.494 e. The van der Waals surface area contributed by atoms with E-state index in [2.05, 4.69) is 10.3 Å². The third kappa shape index (κ3) is 4.98.